The van der Waals surface area contributed by atoms with Crippen molar-refractivity contribution in [2.75, 3.05) is 6.54 Å². The summed E-state index contributed by atoms with van der Waals surface area (Å²) in [6, 6.07) is 3.73. The standard InChI is InChI=1S/C16H25N3O2/c1-16(2,3)19-15(20)14-10-13(6-9-18-14)21-11-12-4-7-17-8-5-12/h4-5,7-8,13-14,18H,6,9-11H2,1-3H3,(H,19,20)/t13-,14+/m0/s1. The van der Waals surface area contributed by atoms with Gasteiger partial charge in [-0.15, -0.1) is 0 Å². The summed E-state index contributed by atoms with van der Waals surface area (Å²) in [5.74, 6) is 0.0553. The highest BCUT2D eigenvalue weighted by atomic mass is 16.5. The first-order valence-electron chi connectivity index (χ1n) is 7.50. The van der Waals surface area contributed by atoms with Gasteiger partial charge < -0.3 is 15.4 Å². The molecule has 1 saturated heterocycles. The Hall–Kier alpha value is -1.46. The summed E-state index contributed by atoms with van der Waals surface area (Å²) in [4.78, 5) is 16.2. The van der Waals surface area contributed by atoms with Gasteiger partial charge in [-0.2, -0.15) is 0 Å². The second-order valence-electron chi connectivity index (χ2n) is 6.56. The fraction of sp³-hybridized carbons (Fsp3) is 0.625. The van der Waals surface area contributed by atoms with Crippen LogP contribution in [0.3, 0.4) is 0 Å². The van der Waals surface area contributed by atoms with Crippen LogP contribution in [0.2, 0.25) is 0 Å². The summed E-state index contributed by atoms with van der Waals surface area (Å²) in [5, 5.41) is 6.29. The molecule has 0 bridgehead atoms. The second-order valence-corrected chi connectivity index (χ2v) is 6.56. The average Bonchev–Trinajstić information content (AvgIpc) is 2.45. The molecular formula is C16H25N3O2. The quantitative estimate of drug-likeness (QED) is 0.885. The summed E-state index contributed by atoms with van der Waals surface area (Å²) < 4.78 is 5.93. The minimum Gasteiger partial charge on any atom is -0.373 e. The Labute approximate surface area is 126 Å². The molecular weight excluding hydrogens is 266 g/mol. The van der Waals surface area contributed by atoms with Crippen LogP contribution in [0.1, 0.15) is 39.2 Å². The van der Waals surface area contributed by atoms with E-state index in [-0.39, 0.29) is 23.6 Å². The average molecular weight is 291 g/mol. The highest BCUT2D eigenvalue weighted by Crippen LogP contribution is 2.15. The normalized spacial score (nSPS) is 22.8. The molecule has 1 fully saturated rings. The Morgan fingerprint density at radius 1 is 1.43 bits per heavy atom. The van der Waals surface area contributed by atoms with Crippen LogP contribution in [0.5, 0.6) is 0 Å². The summed E-state index contributed by atoms with van der Waals surface area (Å²) in [7, 11) is 0. The van der Waals surface area contributed by atoms with Gasteiger partial charge in [0.2, 0.25) is 5.91 Å². The van der Waals surface area contributed by atoms with Crippen molar-refractivity contribution in [1.29, 1.82) is 0 Å². The Bertz CT molecular complexity index is 456. The zero-order valence-corrected chi connectivity index (χ0v) is 13.1. The van der Waals surface area contributed by atoms with Crippen molar-refractivity contribution in [3.63, 3.8) is 0 Å². The molecule has 5 nitrogen and oxygen atoms in total. The van der Waals surface area contributed by atoms with Gasteiger partial charge in [0.15, 0.2) is 0 Å². The van der Waals surface area contributed by atoms with Crippen molar-refractivity contribution in [2.24, 2.45) is 0 Å². The van der Waals surface area contributed by atoms with E-state index < -0.39 is 0 Å². The molecule has 5 heteroatoms. The first-order chi connectivity index (χ1) is 9.94. The van der Waals surface area contributed by atoms with E-state index in [0.717, 1.165) is 18.5 Å². The summed E-state index contributed by atoms with van der Waals surface area (Å²) >= 11 is 0. The van der Waals surface area contributed by atoms with Gasteiger partial charge in [-0.05, 0) is 57.9 Å². The molecule has 0 radical (unpaired) electrons. The van der Waals surface area contributed by atoms with Gasteiger partial charge in [-0.1, -0.05) is 0 Å². The minimum atomic E-state index is -0.205. The molecule has 1 aromatic heterocycles. The molecule has 1 amide bonds. The lowest BCUT2D eigenvalue weighted by atomic mass is 9.99. The maximum absolute atomic E-state index is 12.2. The maximum atomic E-state index is 12.2. The lowest BCUT2D eigenvalue weighted by Crippen LogP contribution is -2.54. The lowest BCUT2D eigenvalue weighted by molar-refractivity contribution is -0.126. The fourth-order valence-electron chi connectivity index (χ4n) is 2.38. The molecule has 0 spiro atoms. The second kappa shape index (κ2) is 7.00. The van der Waals surface area contributed by atoms with E-state index in [1.54, 1.807) is 12.4 Å². The van der Waals surface area contributed by atoms with Crippen LogP contribution in [-0.2, 0) is 16.1 Å². The van der Waals surface area contributed by atoms with Gasteiger partial charge in [-0.25, -0.2) is 0 Å². The smallest absolute Gasteiger partial charge is 0.237 e. The maximum Gasteiger partial charge on any atom is 0.237 e. The third kappa shape index (κ3) is 5.44. The van der Waals surface area contributed by atoms with E-state index in [1.807, 2.05) is 32.9 Å². The van der Waals surface area contributed by atoms with Gasteiger partial charge in [0.1, 0.15) is 0 Å². The number of pyridine rings is 1. The van der Waals surface area contributed by atoms with Crippen molar-refractivity contribution in [1.82, 2.24) is 15.6 Å². The van der Waals surface area contributed by atoms with Crippen LogP contribution < -0.4 is 10.6 Å². The van der Waals surface area contributed by atoms with Crippen molar-refractivity contribution >= 4 is 5.91 Å². The third-order valence-corrected chi connectivity index (χ3v) is 3.41. The monoisotopic (exact) mass is 291 g/mol. The van der Waals surface area contributed by atoms with Gasteiger partial charge in [0, 0.05) is 17.9 Å². The molecule has 1 aliphatic rings. The van der Waals surface area contributed by atoms with E-state index in [4.69, 9.17) is 4.74 Å². The molecule has 2 rings (SSSR count). The number of piperidine rings is 1. The molecule has 21 heavy (non-hydrogen) atoms. The molecule has 0 aromatic carbocycles. The van der Waals surface area contributed by atoms with Crippen molar-refractivity contribution in [3.05, 3.63) is 30.1 Å². The number of hydrogen-bond donors (Lipinski definition) is 2. The Morgan fingerprint density at radius 2 is 2.14 bits per heavy atom. The van der Waals surface area contributed by atoms with Crippen LogP contribution in [-0.4, -0.2) is 35.1 Å². The molecule has 2 N–H and O–H groups in total. The van der Waals surface area contributed by atoms with Crippen LogP contribution in [0.15, 0.2) is 24.5 Å². The first-order valence-corrected chi connectivity index (χ1v) is 7.50. The molecule has 0 unspecified atom stereocenters. The number of nitrogens with zero attached hydrogens (tertiary/aromatic N) is 1. The third-order valence-electron chi connectivity index (χ3n) is 3.41. The van der Waals surface area contributed by atoms with Crippen molar-refractivity contribution in [3.8, 4) is 0 Å². The predicted molar refractivity (Wildman–Crippen MR) is 81.7 cm³/mol. The van der Waals surface area contributed by atoms with E-state index in [1.165, 1.54) is 0 Å². The zero-order chi connectivity index (χ0) is 15.3. The molecule has 1 aromatic rings. The summed E-state index contributed by atoms with van der Waals surface area (Å²) in [5.41, 5.74) is 0.906. The number of nitrogens with one attached hydrogen (secondary N) is 2. The molecule has 2 heterocycles. The zero-order valence-electron chi connectivity index (χ0n) is 13.1. The number of hydrogen-bond acceptors (Lipinski definition) is 4. The molecule has 2 atom stereocenters. The van der Waals surface area contributed by atoms with Crippen LogP contribution in [0.4, 0.5) is 0 Å². The fourth-order valence-corrected chi connectivity index (χ4v) is 2.38. The number of carbonyl (C=O) groups excluding carboxylic acids is 1. The number of aromatic nitrogens is 1. The summed E-state index contributed by atoms with van der Waals surface area (Å²) in [6.07, 6.45) is 5.30. The molecule has 0 saturated carbocycles. The minimum absolute atomic E-state index is 0.0553. The van der Waals surface area contributed by atoms with Crippen LogP contribution in [0.25, 0.3) is 0 Å². The lowest BCUT2D eigenvalue weighted by Gasteiger charge is -2.32. The summed E-state index contributed by atoms with van der Waals surface area (Å²) in [6.45, 7) is 7.35. The van der Waals surface area contributed by atoms with E-state index >= 15 is 0 Å². The van der Waals surface area contributed by atoms with Gasteiger partial charge in [-0.3, -0.25) is 9.78 Å². The first kappa shape index (κ1) is 15.9. The van der Waals surface area contributed by atoms with Crippen molar-refractivity contribution in [2.45, 2.75) is 57.9 Å². The largest absolute Gasteiger partial charge is 0.373 e. The SMILES string of the molecule is CC(C)(C)NC(=O)[C@H]1C[C@@H](OCc2ccncc2)CCN1. The van der Waals surface area contributed by atoms with E-state index in [0.29, 0.717) is 13.0 Å². The molecule has 116 valence electrons. The predicted octanol–water partition coefficient (Wildman–Crippen LogP) is 1.63. The van der Waals surface area contributed by atoms with Gasteiger partial charge in [0.25, 0.3) is 0 Å². The Balaban J connectivity index is 1.82. The number of rotatable bonds is 4. The molecule has 0 aliphatic carbocycles. The highest BCUT2D eigenvalue weighted by molar-refractivity contribution is 5.82. The van der Waals surface area contributed by atoms with Gasteiger partial charge >= 0.3 is 0 Å². The van der Waals surface area contributed by atoms with Crippen molar-refractivity contribution < 1.29 is 9.53 Å². The highest BCUT2D eigenvalue weighted by Gasteiger charge is 2.29. The number of ether oxygens (including phenoxy) is 1. The topological polar surface area (TPSA) is 63.2 Å². The Kier molecular flexibility index (Phi) is 5.31. The number of carbonyl (C=O) groups is 1. The molecule has 1 aliphatic heterocycles. The Morgan fingerprint density at radius 3 is 2.81 bits per heavy atom. The van der Waals surface area contributed by atoms with Gasteiger partial charge in [0.05, 0.1) is 18.8 Å². The van der Waals surface area contributed by atoms with E-state index in [9.17, 15) is 4.79 Å². The van der Waals surface area contributed by atoms with Crippen LogP contribution in [0, 0.1) is 0 Å². The number of amides is 1. The van der Waals surface area contributed by atoms with Crippen LogP contribution >= 0.6 is 0 Å². The van der Waals surface area contributed by atoms with E-state index in [2.05, 4.69) is 15.6 Å².